The number of nitrogens with one attached hydrogen (secondary N) is 1. The Labute approximate surface area is 118 Å². The highest BCUT2D eigenvalue weighted by Crippen LogP contribution is 2.20. The number of cyclic esters (lactones) is 1. The third kappa shape index (κ3) is 2.79. The highest BCUT2D eigenvalue weighted by Gasteiger charge is 2.26. The molecule has 1 fully saturated rings. The van der Waals surface area contributed by atoms with Crippen LogP contribution in [0, 0.1) is 0 Å². The Hall–Kier alpha value is -1.40. The molecule has 104 valence electrons. The van der Waals surface area contributed by atoms with Crippen molar-refractivity contribution in [1.82, 2.24) is 15.3 Å². The van der Waals surface area contributed by atoms with E-state index in [1.165, 1.54) is 0 Å². The van der Waals surface area contributed by atoms with Crippen LogP contribution in [0.15, 0.2) is 6.20 Å². The first-order valence-electron chi connectivity index (χ1n) is 6.26. The van der Waals surface area contributed by atoms with E-state index in [9.17, 15) is 4.79 Å². The highest BCUT2D eigenvalue weighted by atomic mass is 35.5. The van der Waals surface area contributed by atoms with Gasteiger partial charge in [0.25, 0.3) is 0 Å². The first-order chi connectivity index (χ1) is 8.74. The predicted octanol–water partition coefficient (Wildman–Crippen LogP) is 0.409. The van der Waals surface area contributed by atoms with E-state index in [4.69, 9.17) is 4.74 Å². The molecule has 6 nitrogen and oxygen atoms in total. The Morgan fingerprint density at radius 2 is 2.16 bits per heavy atom. The van der Waals surface area contributed by atoms with Gasteiger partial charge in [-0.15, -0.1) is 12.4 Å². The van der Waals surface area contributed by atoms with E-state index >= 15 is 0 Å². The summed E-state index contributed by atoms with van der Waals surface area (Å²) in [6.45, 7) is 5.57. The first-order valence-corrected chi connectivity index (χ1v) is 6.26. The quantitative estimate of drug-likeness (QED) is 0.754. The Kier molecular flexibility index (Phi) is 4.21. The first kappa shape index (κ1) is 14.0. The summed E-state index contributed by atoms with van der Waals surface area (Å²) in [5.41, 5.74) is 1.31. The van der Waals surface area contributed by atoms with E-state index in [0.717, 1.165) is 37.8 Å². The van der Waals surface area contributed by atoms with E-state index in [-0.39, 0.29) is 24.5 Å². The van der Waals surface area contributed by atoms with Gasteiger partial charge in [-0.3, -0.25) is 0 Å². The van der Waals surface area contributed by atoms with Crippen LogP contribution in [0.3, 0.4) is 0 Å². The molecule has 2 aliphatic rings. The Morgan fingerprint density at radius 1 is 1.42 bits per heavy atom. The number of hydrogen-bond acceptors (Lipinski definition) is 6. The summed E-state index contributed by atoms with van der Waals surface area (Å²) >= 11 is 0. The zero-order chi connectivity index (χ0) is 12.5. The molecule has 1 aromatic rings. The largest absolute Gasteiger partial charge is 0.459 e. The van der Waals surface area contributed by atoms with E-state index in [2.05, 4.69) is 20.2 Å². The van der Waals surface area contributed by atoms with Gasteiger partial charge in [0.05, 0.1) is 11.3 Å². The van der Waals surface area contributed by atoms with Crippen LogP contribution in [-0.4, -0.2) is 48.2 Å². The monoisotopic (exact) mass is 284 g/mol. The number of ether oxygens (including phenoxy) is 1. The third-order valence-electron chi connectivity index (χ3n) is 3.26. The lowest BCUT2D eigenvalue weighted by atomic mass is 10.1. The Morgan fingerprint density at radius 3 is 2.89 bits per heavy atom. The normalized spacial score (nSPS) is 22.3. The number of rotatable bonds is 1. The Bertz CT molecular complexity index is 477. The van der Waals surface area contributed by atoms with Crippen molar-refractivity contribution in [3.8, 4) is 0 Å². The minimum Gasteiger partial charge on any atom is -0.459 e. The molecule has 2 aliphatic heterocycles. The van der Waals surface area contributed by atoms with Crippen LogP contribution in [-0.2, 0) is 11.2 Å². The molecular formula is C12H17ClN4O2. The highest BCUT2D eigenvalue weighted by molar-refractivity contribution is 5.91. The Balaban J connectivity index is 0.00000133. The average Bonchev–Trinajstić information content (AvgIpc) is 2.39. The van der Waals surface area contributed by atoms with Crippen molar-refractivity contribution in [3.05, 3.63) is 17.5 Å². The van der Waals surface area contributed by atoms with Crippen LogP contribution < -0.4 is 10.2 Å². The van der Waals surface area contributed by atoms with Gasteiger partial charge in [-0.2, -0.15) is 0 Å². The summed E-state index contributed by atoms with van der Waals surface area (Å²) in [5, 5.41) is 3.29. The molecule has 0 aliphatic carbocycles. The minimum absolute atomic E-state index is 0. The van der Waals surface area contributed by atoms with Crippen molar-refractivity contribution in [1.29, 1.82) is 0 Å². The number of carbonyl (C=O) groups is 1. The molecule has 0 spiro atoms. The third-order valence-corrected chi connectivity index (χ3v) is 3.26. The summed E-state index contributed by atoms with van der Waals surface area (Å²) in [5.74, 6) is 0.410. The van der Waals surface area contributed by atoms with Gasteiger partial charge in [0.1, 0.15) is 6.10 Å². The lowest BCUT2D eigenvalue weighted by Crippen LogP contribution is -2.44. The number of halogens is 1. The van der Waals surface area contributed by atoms with Gasteiger partial charge in [-0.25, -0.2) is 14.8 Å². The van der Waals surface area contributed by atoms with Crippen molar-refractivity contribution in [3.63, 3.8) is 0 Å². The molecule has 1 N–H and O–H groups in total. The smallest absolute Gasteiger partial charge is 0.341 e. The molecule has 0 radical (unpaired) electrons. The molecule has 0 aromatic carbocycles. The second kappa shape index (κ2) is 5.71. The fourth-order valence-electron chi connectivity index (χ4n) is 2.31. The number of nitrogens with zero attached hydrogens (tertiary/aromatic N) is 3. The molecular weight excluding hydrogens is 268 g/mol. The molecule has 3 rings (SSSR count). The predicted molar refractivity (Wildman–Crippen MR) is 72.9 cm³/mol. The maximum Gasteiger partial charge on any atom is 0.341 e. The van der Waals surface area contributed by atoms with Gasteiger partial charge >= 0.3 is 5.97 Å². The molecule has 19 heavy (non-hydrogen) atoms. The molecule has 3 heterocycles. The molecule has 1 atom stereocenters. The number of carbonyl (C=O) groups excluding carboxylic acids is 1. The number of piperazine rings is 1. The van der Waals surface area contributed by atoms with Gasteiger partial charge < -0.3 is 15.0 Å². The van der Waals surface area contributed by atoms with Crippen LogP contribution in [0.2, 0.25) is 0 Å². The number of aromatic nitrogens is 2. The van der Waals surface area contributed by atoms with Crippen molar-refractivity contribution < 1.29 is 9.53 Å². The number of anilines is 1. The van der Waals surface area contributed by atoms with Crippen molar-refractivity contribution >= 4 is 24.3 Å². The number of hydrogen-bond donors (Lipinski definition) is 1. The van der Waals surface area contributed by atoms with Gasteiger partial charge in [0, 0.05) is 38.8 Å². The molecule has 0 amide bonds. The summed E-state index contributed by atoms with van der Waals surface area (Å²) in [6.07, 6.45) is 2.16. The zero-order valence-corrected chi connectivity index (χ0v) is 11.6. The van der Waals surface area contributed by atoms with Crippen molar-refractivity contribution in [2.45, 2.75) is 19.4 Å². The number of esters is 1. The van der Waals surface area contributed by atoms with Crippen LogP contribution in [0.25, 0.3) is 0 Å². The van der Waals surface area contributed by atoms with Crippen LogP contribution in [0.5, 0.6) is 0 Å². The maximum atomic E-state index is 11.7. The summed E-state index contributed by atoms with van der Waals surface area (Å²) in [6, 6.07) is 0. The van der Waals surface area contributed by atoms with Crippen molar-refractivity contribution in [2.24, 2.45) is 0 Å². The minimum atomic E-state index is -0.310. The fourth-order valence-corrected chi connectivity index (χ4v) is 2.31. The topological polar surface area (TPSA) is 67.4 Å². The van der Waals surface area contributed by atoms with Crippen LogP contribution >= 0.6 is 12.4 Å². The van der Waals surface area contributed by atoms with Gasteiger partial charge in [0.2, 0.25) is 5.95 Å². The lowest BCUT2D eigenvalue weighted by molar-refractivity contribution is 0.0296. The van der Waals surface area contributed by atoms with Crippen LogP contribution in [0.1, 0.15) is 23.0 Å². The van der Waals surface area contributed by atoms with Crippen LogP contribution in [0.4, 0.5) is 5.95 Å². The van der Waals surface area contributed by atoms with Gasteiger partial charge in [0.15, 0.2) is 0 Å². The molecule has 1 saturated heterocycles. The summed E-state index contributed by atoms with van der Waals surface area (Å²) < 4.78 is 5.16. The van der Waals surface area contributed by atoms with E-state index in [0.29, 0.717) is 12.0 Å². The molecule has 7 heteroatoms. The summed E-state index contributed by atoms with van der Waals surface area (Å²) in [4.78, 5) is 22.6. The zero-order valence-electron chi connectivity index (χ0n) is 10.8. The molecule has 1 aromatic heterocycles. The van der Waals surface area contributed by atoms with Gasteiger partial charge in [-0.1, -0.05) is 0 Å². The standard InChI is InChI=1S/C12H16N4O2.ClH/c1-8-6-10-9(11(17)18-8)7-14-12(15-10)16-4-2-13-3-5-16;/h7-8,13H,2-6H2,1H3;1H. The second-order valence-electron chi connectivity index (χ2n) is 4.69. The molecule has 1 unspecified atom stereocenters. The fraction of sp³-hybridized carbons (Fsp3) is 0.583. The van der Waals surface area contributed by atoms with E-state index in [1.807, 2.05) is 6.92 Å². The van der Waals surface area contributed by atoms with E-state index < -0.39 is 0 Å². The summed E-state index contributed by atoms with van der Waals surface area (Å²) in [7, 11) is 0. The lowest BCUT2D eigenvalue weighted by Gasteiger charge is -2.28. The second-order valence-corrected chi connectivity index (χ2v) is 4.69. The number of fused-ring (bicyclic) bond motifs is 1. The maximum absolute atomic E-state index is 11.7. The van der Waals surface area contributed by atoms with Gasteiger partial charge in [-0.05, 0) is 6.92 Å². The van der Waals surface area contributed by atoms with E-state index in [1.54, 1.807) is 6.20 Å². The average molecular weight is 285 g/mol. The van der Waals surface area contributed by atoms with Crippen molar-refractivity contribution in [2.75, 3.05) is 31.1 Å². The molecule has 0 bridgehead atoms. The SMILES string of the molecule is CC1Cc2nc(N3CCNCC3)ncc2C(=O)O1.Cl. The molecule has 0 saturated carbocycles.